The number of carbonyl (C=O) groups is 1. The molecule has 4 heteroatoms. The summed E-state index contributed by atoms with van der Waals surface area (Å²) in [6, 6.07) is 15.1. The Morgan fingerprint density at radius 3 is 2.32 bits per heavy atom. The monoisotopic (exact) mass is 256 g/mol. The SMILES string of the molecule is O=C1c2ccccc2OC(O)(O)C1c1ccccc1. The molecule has 0 radical (unpaired) electrons. The van der Waals surface area contributed by atoms with Gasteiger partial charge < -0.3 is 14.9 Å². The van der Waals surface area contributed by atoms with Crippen LogP contribution in [0.25, 0.3) is 0 Å². The molecule has 1 atom stereocenters. The normalized spacial score (nSPS) is 20.5. The molecule has 2 aromatic rings. The second-order valence-corrected chi connectivity index (χ2v) is 4.46. The summed E-state index contributed by atoms with van der Waals surface area (Å²) in [5, 5.41) is 20.0. The highest BCUT2D eigenvalue weighted by molar-refractivity contribution is 6.04. The van der Waals surface area contributed by atoms with Crippen molar-refractivity contribution < 1.29 is 19.7 Å². The average molecular weight is 256 g/mol. The number of hydrogen-bond donors (Lipinski definition) is 2. The van der Waals surface area contributed by atoms with Crippen LogP contribution in [0.2, 0.25) is 0 Å². The number of carbonyl (C=O) groups excluding carboxylic acids is 1. The van der Waals surface area contributed by atoms with Gasteiger partial charge in [0.25, 0.3) is 0 Å². The smallest absolute Gasteiger partial charge is 0.336 e. The summed E-state index contributed by atoms with van der Waals surface area (Å²) in [6.45, 7) is 0. The molecule has 4 nitrogen and oxygen atoms in total. The zero-order valence-corrected chi connectivity index (χ0v) is 9.98. The number of hydrogen-bond acceptors (Lipinski definition) is 4. The average Bonchev–Trinajstić information content (AvgIpc) is 2.39. The largest absolute Gasteiger partial charge is 0.438 e. The van der Waals surface area contributed by atoms with Gasteiger partial charge in [-0.25, -0.2) is 0 Å². The van der Waals surface area contributed by atoms with Crippen LogP contribution < -0.4 is 4.74 Å². The minimum atomic E-state index is -2.53. The lowest BCUT2D eigenvalue weighted by Crippen LogP contribution is -2.48. The Bertz CT molecular complexity index is 619. The van der Waals surface area contributed by atoms with Crippen molar-refractivity contribution in [3.8, 4) is 5.75 Å². The van der Waals surface area contributed by atoms with Crippen LogP contribution in [0.3, 0.4) is 0 Å². The Labute approximate surface area is 109 Å². The summed E-state index contributed by atoms with van der Waals surface area (Å²) in [4.78, 5) is 12.4. The van der Waals surface area contributed by atoms with Crippen LogP contribution in [0.1, 0.15) is 21.8 Å². The molecule has 1 heterocycles. The highest BCUT2D eigenvalue weighted by atomic mass is 16.8. The van der Waals surface area contributed by atoms with Crippen LogP contribution in [-0.4, -0.2) is 22.0 Å². The van der Waals surface area contributed by atoms with Crippen molar-refractivity contribution >= 4 is 5.78 Å². The molecule has 0 saturated heterocycles. The molecule has 2 N–H and O–H groups in total. The first-order valence-electron chi connectivity index (χ1n) is 5.91. The van der Waals surface area contributed by atoms with Gasteiger partial charge in [0.2, 0.25) is 0 Å². The molecule has 19 heavy (non-hydrogen) atoms. The first-order chi connectivity index (χ1) is 9.09. The van der Waals surface area contributed by atoms with E-state index in [1.165, 1.54) is 6.07 Å². The van der Waals surface area contributed by atoms with Gasteiger partial charge in [-0.1, -0.05) is 42.5 Å². The number of ketones is 1. The molecular weight excluding hydrogens is 244 g/mol. The van der Waals surface area contributed by atoms with Gasteiger partial charge in [0.15, 0.2) is 5.78 Å². The molecule has 0 saturated carbocycles. The van der Waals surface area contributed by atoms with Gasteiger partial charge in [-0.3, -0.25) is 4.79 Å². The molecule has 0 bridgehead atoms. The Balaban J connectivity index is 2.13. The maximum Gasteiger partial charge on any atom is 0.336 e. The summed E-state index contributed by atoms with van der Waals surface area (Å²) >= 11 is 0. The Morgan fingerprint density at radius 1 is 0.947 bits per heavy atom. The van der Waals surface area contributed by atoms with E-state index in [1.807, 2.05) is 0 Å². The van der Waals surface area contributed by atoms with Crippen LogP contribution >= 0.6 is 0 Å². The van der Waals surface area contributed by atoms with Crippen LogP contribution in [0.15, 0.2) is 54.6 Å². The predicted molar refractivity (Wildman–Crippen MR) is 67.8 cm³/mol. The third kappa shape index (κ3) is 1.91. The van der Waals surface area contributed by atoms with Crippen molar-refractivity contribution in [3.05, 3.63) is 65.7 Å². The second kappa shape index (κ2) is 4.19. The number of para-hydroxylation sites is 1. The van der Waals surface area contributed by atoms with Crippen LogP contribution in [0.4, 0.5) is 0 Å². The third-order valence-electron chi connectivity index (χ3n) is 3.18. The third-order valence-corrected chi connectivity index (χ3v) is 3.18. The Hall–Kier alpha value is -2.17. The summed E-state index contributed by atoms with van der Waals surface area (Å²) in [5.41, 5.74) is 0.863. The Morgan fingerprint density at radius 2 is 1.58 bits per heavy atom. The number of aliphatic hydroxyl groups is 2. The topological polar surface area (TPSA) is 66.8 Å². The van der Waals surface area contributed by atoms with Gasteiger partial charge in [-0.05, 0) is 17.7 Å². The molecule has 0 spiro atoms. The van der Waals surface area contributed by atoms with Gasteiger partial charge in [0.1, 0.15) is 11.7 Å². The van der Waals surface area contributed by atoms with Crippen LogP contribution in [-0.2, 0) is 0 Å². The molecule has 1 aliphatic rings. The van der Waals surface area contributed by atoms with Crippen LogP contribution in [0.5, 0.6) is 5.75 Å². The van der Waals surface area contributed by atoms with Crippen molar-refractivity contribution in [3.63, 3.8) is 0 Å². The molecule has 0 aromatic heterocycles. The molecule has 0 fully saturated rings. The van der Waals surface area contributed by atoms with E-state index < -0.39 is 11.9 Å². The molecular formula is C15H12O4. The second-order valence-electron chi connectivity index (χ2n) is 4.46. The van der Waals surface area contributed by atoms with Gasteiger partial charge >= 0.3 is 5.97 Å². The fourth-order valence-corrected chi connectivity index (χ4v) is 2.32. The number of ether oxygens (including phenoxy) is 1. The highest BCUT2D eigenvalue weighted by Crippen LogP contribution is 2.39. The van der Waals surface area contributed by atoms with Gasteiger partial charge in [0.05, 0.1) is 5.56 Å². The molecule has 3 rings (SSSR count). The fourth-order valence-electron chi connectivity index (χ4n) is 2.32. The first-order valence-corrected chi connectivity index (χ1v) is 5.91. The standard InChI is InChI=1S/C15H12O4/c16-14-11-8-4-5-9-12(11)19-15(17,18)13(14)10-6-2-1-3-7-10/h1-9,13,17-18H. The van der Waals surface area contributed by atoms with E-state index in [1.54, 1.807) is 48.5 Å². The lowest BCUT2D eigenvalue weighted by Gasteiger charge is -2.35. The van der Waals surface area contributed by atoms with E-state index in [0.717, 1.165) is 0 Å². The molecule has 1 unspecified atom stereocenters. The summed E-state index contributed by atoms with van der Waals surface area (Å²) in [6.07, 6.45) is 0. The first kappa shape index (κ1) is 11.9. The van der Waals surface area contributed by atoms with Crippen LogP contribution in [0, 0.1) is 0 Å². The molecule has 96 valence electrons. The number of rotatable bonds is 1. The molecule has 0 aliphatic carbocycles. The molecule has 0 amide bonds. The summed E-state index contributed by atoms with van der Waals surface area (Å²) in [7, 11) is 0. The number of Topliss-reactive ketones (excluding diaryl/α,β-unsaturated/α-hetero) is 1. The van der Waals surface area contributed by atoms with Crippen molar-refractivity contribution in [1.29, 1.82) is 0 Å². The quantitative estimate of drug-likeness (QED) is 0.762. The van der Waals surface area contributed by atoms with Crippen molar-refractivity contribution in [2.24, 2.45) is 0 Å². The summed E-state index contributed by atoms with van der Waals surface area (Å²) < 4.78 is 5.15. The van der Waals surface area contributed by atoms with E-state index in [4.69, 9.17) is 4.74 Å². The van der Waals surface area contributed by atoms with Gasteiger partial charge in [-0.2, -0.15) is 0 Å². The lowest BCUT2D eigenvalue weighted by atomic mass is 9.86. The zero-order valence-electron chi connectivity index (χ0n) is 9.98. The van der Waals surface area contributed by atoms with E-state index in [0.29, 0.717) is 11.1 Å². The maximum atomic E-state index is 12.4. The van der Waals surface area contributed by atoms with Gasteiger partial charge in [-0.15, -0.1) is 0 Å². The molecule has 2 aromatic carbocycles. The van der Waals surface area contributed by atoms with E-state index in [-0.39, 0.29) is 11.5 Å². The highest BCUT2D eigenvalue weighted by Gasteiger charge is 2.48. The fraction of sp³-hybridized carbons (Fsp3) is 0.133. The van der Waals surface area contributed by atoms with Crippen molar-refractivity contribution in [1.82, 2.24) is 0 Å². The maximum absolute atomic E-state index is 12.4. The lowest BCUT2D eigenvalue weighted by molar-refractivity contribution is -0.300. The van der Waals surface area contributed by atoms with E-state index >= 15 is 0 Å². The number of fused-ring (bicyclic) bond motifs is 1. The molecule has 1 aliphatic heterocycles. The van der Waals surface area contributed by atoms with Crippen molar-refractivity contribution in [2.45, 2.75) is 11.9 Å². The summed E-state index contributed by atoms with van der Waals surface area (Å²) in [5.74, 6) is -3.86. The predicted octanol–water partition coefficient (Wildman–Crippen LogP) is 1.68. The Kier molecular flexibility index (Phi) is 2.62. The van der Waals surface area contributed by atoms with Gasteiger partial charge in [0, 0.05) is 0 Å². The van der Waals surface area contributed by atoms with E-state index in [9.17, 15) is 15.0 Å². The minimum absolute atomic E-state index is 0.185. The van der Waals surface area contributed by atoms with Crippen molar-refractivity contribution in [2.75, 3.05) is 0 Å². The zero-order chi connectivity index (χ0) is 13.5. The minimum Gasteiger partial charge on any atom is -0.438 e. The number of benzene rings is 2. The van der Waals surface area contributed by atoms with E-state index in [2.05, 4.69) is 0 Å².